The minimum Gasteiger partial charge on any atom is -0.297 e. The van der Waals surface area contributed by atoms with Crippen molar-refractivity contribution in [2.24, 2.45) is 17.8 Å². The Morgan fingerprint density at radius 2 is 1.83 bits per heavy atom. The fourth-order valence-corrected chi connectivity index (χ4v) is 5.28. The number of likely N-dealkylation sites (tertiary alicyclic amines) is 1. The second kappa shape index (κ2) is 8.36. The van der Waals surface area contributed by atoms with Crippen LogP contribution < -0.4 is 0 Å². The van der Waals surface area contributed by atoms with Crippen molar-refractivity contribution in [1.29, 1.82) is 0 Å². The number of hydrogen-bond acceptors (Lipinski definition) is 5. The molecule has 1 aromatic carbocycles. The van der Waals surface area contributed by atoms with E-state index >= 15 is 0 Å². The zero-order valence-corrected chi connectivity index (χ0v) is 17.3. The maximum atomic E-state index is 13.5. The Morgan fingerprint density at radius 1 is 1.00 bits per heavy atom. The number of fused-ring (bicyclic) bond motifs is 1. The fourth-order valence-electron chi connectivity index (χ4n) is 5.06. The van der Waals surface area contributed by atoms with Crippen LogP contribution >= 0.6 is 11.6 Å². The first-order valence-corrected chi connectivity index (χ1v) is 10.8. The molecule has 3 aromatic rings. The molecule has 5 rings (SSSR count). The highest BCUT2D eigenvalue weighted by Gasteiger charge is 2.40. The Labute approximate surface area is 180 Å². The molecule has 1 saturated heterocycles. The van der Waals surface area contributed by atoms with E-state index in [1.165, 1.54) is 25.0 Å². The molecule has 3 atom stereocenters. The maximum absolute atomic E-state index is 13.5. The van der Waals surface area contributed by atoms with E-state index in [2.05, 4.69) is 25.1 Å². The lowest BCUT2D eigenvalue weighted by Crippen LogP contribution is -2.22. The zero-order chi connectivity index (χ0) is 20.5. The molecular formula is C23H23ClFN5. The molecule has 0 N–H and O–H groups in total. The molecule has 154 valence electrons. The van der Waals surface area contributed by atoms with E-state index in [0.29, 0.717) is 22.2 Å². The van der Waals surface area contributed by atoms with Crippen LogP contribution in [0.2, 0.25) is 5.02 Å². The number of halogens is 2. The number of nitrogens with zero attached hydrogens (tertiary/aromatic N) is 5. The molecule has 0 spiro atoms. The second-order valence-electron chi connectivity index (χ2n) is 8.49. The Hall–Kier alpha value is -2.44. The highest BCUT2D eigenvalue weighted by atomic mass is 35.5. The summed E-state index contributed by atoms with van der Waals surface area (Å²) in [5, 5.41) is 9.18. The number of benzene rings is 1. The number of hydrogen-bond donors (Lipinski definition) is 0. The summed E-state index contributed by atoms with van der Waals surface area (Å²) >= 11 is 6.18. The average Bonchev–Trinajstić information content (AvgIpc) is 3.29. The first kappa shape index (κ1) is 19.5. The van der Waals surface area contributed by atoms with Gasteiger partial charge >= 0.3 is 0 Å². The average molecular weight is 424 g/mol. The van der Waals surface area contributed by atoms with E-state index in [-0.39, 0.29) is 5.82 Å². The fraction of sp³-hybridized carbons (Fsp3) is 0.391. The van der Waals surface area contributed by atoms with Gasteiger partial charge in [0.2, 0.25) is 0 Å². The van der Waals surface area contributed by atoms with Crippen LogP contribution in [-0.2, 0) is 13.0 Å². The van der Waals surface area contributed by atoms with Crippen LogP contribution in [0, 0.1) is 23.6 Å². The molecule has 1 saturated carbocycles. The summed E-state index contributed by atoms with van der Waals surface area (Å²) in [6.45, 7) is 3.17. The van der Waals surface area contributed by atoms with E-state index in [4.69, 9.17) is 11.6 Å². The molecule has 2 fully saturated rings. The van der Waals surface area contributed by atoms with Crippen LogP contribution in [0.4, 0.5) is 4.39 Å². The summed E-state index contributed by atoms with van der Waals surface area (Å²) in [5.41, 5.74) is 3.22. The minimum absolute atomic E-state index is 0.328. The number of rotatable bonds is 5. The van der Waals surface area contributed by atoms with Gasteiger partial charge in [-0.05, 0) is 67.3 Å². The van der Waals surface area contributed by atoms with Crippen molar-refractivity contribution < 1.29 is 4.39 Å². The van der Waals surface area contributed by atoms with Gasteiger partial charge in [0.1, 0.15) is 5.82 Å². The maximum Gasteiger partial charge on any atom is 0.123 e. The molecule has 5 nitrogen and oxygen atoms in total. The third kappa shape index (κ3) is 4.20. The second-order valence-corrected chi connectivity index (χ2v) is 8.89. The molecule has 3 heterocycles. The predicted molar refractivity (Wildman–Crippen MR) is 113 cm³/mol. The molecule has 7 heteroatoms. The van der Waals surface area contributed by atoms with E-state index in [1.807, 2.05) is 18.3 Å². The van der Waals surface area contributed by atoms with Crippen LogP contribution in [-0.4, -0.2) is 38.2 Å². The highest BCUT2D eigenvalue weighted by Crippen LogP contribution is 2.43. The summed E-state index contributed by atoms with van der Waals surface area (Å²) in [6.07, 6.45) is 8.75. The van der Waals surface area contributed by atoms with Gasteiger partial charge in [-0.3, -0.25) is 14.9 Å². The lowest BCUT2D eigenvalue weighted by atomic mass is 9.99. The number of aromatic nitrogens is 4. The Balaban J connectivity index is 1.17. The van der Waals surface area contributed by atoms with Crippen LogP contribution in [0.5, 0.6) is 0 Å². The topological polar surface area (TPSA) is 54.8 Å². The summed E-state index contributed by atoms with van der Waals surface area (Å²) in [6, 6.07) is 8.18. The molecule has 0 bridgehead atoms. The quantitative estimate of drug-likeness (QED) is 0.607. The lowest BCUT2D eigenvalue weighted by Gasteiger charge is -2.18. The molecule has 1 aliphatic carbocycles. The smallest absolute Gasteiger partial charge is 0.123 e. The minimum atomic E-state index is -0.328. The summed E-state index contributed by atoms with van der Waals surface area (Å²) in [7, 11) is 0. The van der Waals surface area contributed by atoms with Crippen LogP contribution in [0.25, 0.3) is 11.3 Å². The van der Waals surface area contributed by atoms with Crippen molar-refractivity contribution in [3.8, 4) is 11.3 Å². The molecule has 1 unspecified atom stereocenters. The van der Waals surface area contributed by atoms with Gasteiger partial charge in [-0.25, -0.2) is 4.39 Å². The zero-order valence-electron chi connectivity index (χ0n) is 16.6. The molecule has 30 heavy (non-hydrogen) atoms. The van der Waals surface area contributed by atoms with Crippen molar-refractivity contribution in [3.05, 3.63) is 71.2 Å². The Bertz CT molecular complexity index is 1000. The Kier molecular flexibility index (Phi) is 5.44. The van der Waals surface area contributed by atoms with Gasteiger partial charge in [-0.15, -0.1) is 0 Å². The molecule has 2 aromatic heterocycles. The van der Waals surface area contributed by atoms with Crippen LogP contribution in [0.3, 0.4) is 0 Å². The van der Waals surface area contributed by atoms with Crippen molar-refractivity contribution in [3.63, 3.8) is 0 Å². The van der Waals surface area contributed by atoms with E-state index in [1.54, 1.807) is 18.5 Å². The monoisotopic (exact) mass is 423 g/mol. The first-order chi connectivity index (χ1) is 14.6. The lowest BCUT2D eigenvalue weighted by molar-refractivity contribution is 0.286. The molecule has 2 aliphatic rings. The summed E-state index contributed by atoms with van der Waals surface area (Å²) in [5.74, 6) is 1.83. The third-order valence-corrected chi connectivity index (χ3v) is 6.68. The van der Waals surface area contributed by atoms with E-state index in [0.717, 1.165) is 49.3 Å². The highest BCUT2D eigenvalue weighted by molar-refractivity contribution is 6.33. The van der Waals surface area contributed by atoms with Gasteiger partial charge in [0.15, 0.2) is 0 Å². The van der Waals surface area contributed by atoms with E-state index < -0.39 is 0 Å². The van der Waals surface area contributed by atoms with Gasteiger partial charge in [-0.1, -0.05) is 11.6 Å². The van der Waals surface area contributed by atoms with Gasteiger partial charge < -0.3 is 0 Å². The first-order valence-electron chi connectivity index (χ1n) is 10.4. The van der Waals surface area contributed by atoms with Gasteiger partial charge in [-0.2, -0.15) is 10.2 Å². The van der Waals surface area contributed by atoms with Gasteiger partial charge in [0.05, 0.1) is 22.1 Å². The third-order valence-electron chi connectivity index (χ3n) is 6.35. The van der Waals surface area contributed by atoms with Crippen molar-refractivity contribution in [2.45, 2.75) is 25.8 Å². The van der Waals surface area contributed by atoms with Crippen molar-refractivity contribution in [2.75, 3.05) is 13.1 Å². The SMILES string of the molecule is Fc1ccc(Cl)c(-c2ccc(CC3C[C@@H]4CN(Cc5cnccn5)C[C@@H]4C3)nn2)c1. The largest absolute Gasteiger partial charge is 0.297 e. The van der Waals surface area contributed by atoms with Crippen LogP contribution in [0.15, 0.2) is 48.9 Å². The normalized spacial score (nSPS) is 23.6. The van der Waals surface area contributed by atoms with Gasteiger partial charge in [0, 0.05) is 43.8 Å². The molecule has 1 aliphatic heterocycles. The standard InChI is InChI=1S/C23H23ClFN5/c24-22-3-1-18(25)10-21(22)23-4-2-19(28-29-23)9-15-7-16-12-30(13-17(16)8-15)14-20-11-26-5-6-27-20/h1-6,10-11,15-17H,7-9,12-14H2/t15?,16-,17+. The Morgan fingerprint density at radius 3 is 2.53 bits per heavy atom. The molecule has 0 amide bonds. The molecule has 0 radical (unpaired) electrons. The van der Waals surface area contributed by atoms with Crippen molar-refractivity contribution in [1.82, 2.24) is 25.1 Å². The van der Waals surface area contributed by atoms with Crippen molar-refractivity contribution >= 4 is 11.6 Å². The predicted octanol–water partition coefficient (Wildman–Crippen LogP) is 4.43. The van der Waals surface area contributed by atoms with Gasteiger partial charge in [0.25, 0.3) is 0 Å². The summed E-state index contributed by atoms with van der Waals surface area (Å²) in [4.78, 5) is 11.1. The van der Waals surface area contributed by atoms with Crippen LogP contribution in [0.1, 0.15) is 24.2 Å². The van der Waals surface area contributed by atoms with E-state index in [9.17, 15) is 4.39 Å². The molecular weight excluding hydrogens is 401 g/mol. The summed E-state index contributed by atoms with van der Waals surface area (Å²) < 4.78 is 13.5.